The maximum Gasteiger partial charge on any atom is 0.319 e. The molecule has 0 unspecified atom stereocenters. The Bertz CT molecular complexity index is 440. The molecule has 0 saturated heterocycles. The van der Waals surface area contributed by atoms with E-state index in [0.717, 1.165) is 6.07 Å². The van der Waals surface area contributed by atoms with Gasteiger partial charge in [-0.15, -0.1) is 0 Å². The van der Waals surface area contributed by atoms with Gasteiger partial charge in [0.15, 0.2) is 11.6 Å². The average molecular weight is 272 g/mol. The van der Waals surface area contributed by atoms with Crippen LogP contribution >= 0.6 is 0 Å². The maximum absolute atomic E-state index is 13.4. The fourth-order valence-corrected chi connectivity index (χ4v) is 1.68. The van der Waals surface area contributed by atoms with Crippen molar-refractivity contribution >= 4 is 11.7 Å². The second kappa shape index (κ2) is 6.47. The lowest BCUT2D eigenvalue weighted by molar-refractivity contribution is 0.155. The fourth-order valence-electron chi connectivity index (χ4n) is 1.68. The molecule has 0 spiro atoms. The van der Waals surface area contributed by atoms with Crippen molar-refractivity contribution in [1.82, 2.24) is 5.32 Å². The Morgan fingerprint density at radius 3 is 2.47 bits per heavy atom. The number of aliphatic hydroxyl groups is 1. The largest absolute Gasteiger partial charge is 0.394 e. The van der Waals surface area contributed by atoms with Crippen LogP contribution in [0.4, 0.5) is 19.3 Å². The van der Waals surface area contributed by atoms with Crippen LogP contribution < -0.4 is 10.6 Å². The first-order valence-corrected chi connectivity index (χ1v) is 6.12. The number of rotatable bonds is 5. The third-order valence-electron chi connectivity index (χ3n) is 3.23. The third kappa shape index (κ3) is 3.64. The Morgan fingerprint density at radius 2 is 1.95 bits per heavy atom. The van der Waals surface area contributed by atoms with Gasteiger partial charge in [0.2, 0.25) is 0 Å². The van der Waals surface area contributed by atoms with E-state index in [-0.39, 0.29) is 12.3 Å². The van der Waals surface area contributed by atoms with Crippen molar-refractivity contribution in [2.45, 2.75) is 32.2 Å². The number of amides is 2. The van der Waals surface area contributed by atoms with Gasteiger partial charge in [0, 0.05) is 0 Å². The standard InChI is InChI=1S/C13H18F2N2O2/c1-3-13(4-2,8-18)17-12(19)16-10-7-5-6-9(14)11(10)15/h5-7,18H,3-4,8H2,1-2H3,(H2,16,17,19). The first kappa shape index (κ1) is 15.4. The van der Waals surface area contributed by atoms with Gasteiger partial charge in [0.05, 0.1) is 17.8 Å². The van der Waals surface area contributed by atoms with Crippen molar-refractivity contribution in [3.63, 3.8) is 0 Å². The summed E-state index contributed by atoms with van der Waals surface area (Å²) in [5.74, 6) is -2.14. The van der Waals surface area contributed by atoms with Crippen LogP contribution in [0.1, 0.15) is 26.7 Å². The topological polar surface area (TPSA) is 61.4 Å². The van der Waals surface area contributed by atoms with Crippen molar-refractivity contribution in [2.75, 3.05) is 11.9 Å². The molecule has 0 aliphatic rings. The number of carbonyl (C=O) groups excluding carboxylic acids is 1. The van der Waals surface area contributed by atoms with E-state index in [0.29, 0.717) is 12.8 Å². The lowest BCUT2D eigenvalue weighted by Gasteiger charge is -2.30. The maximum atomic E-state index is 13.4. The minimum atomic E-state index is -1.11. The van der Waals surface area contributed by atoms with Gasteiger partial charge in [-0.05, 0) is 25.0 Å². The molecule has 3 N–H and O–H groups in total. The van der Waals surface area contributed by atoms with E-state index in [1.54, 1.807) is 0 Å². The van der Waals surface area contributed by atoms with E-state index in [2.05, 4.69) is 10.6 Å². The molecule has 4 nitrogen and oxygen atoms in total. The zero-order valence-electron chi connectivity index (χ0n) is 11.0. The lowest BCUT2D eigenvalue weighted by atomic mass is 9.94. The lowest BCUT2D eigenvalue weighted by Crippen LogP contribution is -2.52. The zero-order chi connectivity index (χ0) is 14.5. The molecule has 0 aromatic heterocycles. The molecule has 0 bridgehead atoms. The van der Waals surface area contributed by atoms with E-state index in [9.17, 15) is 18.7 Å². The summed E-state index contributed by atoms with van der Waals surface area (Å²) >= 11 is 0. The number of hydrogen-bond donors (Lipinski definition) is 3. The van der Waals surface area contributed by atoms with Crippen LogP contribution in [0.25, 0.3) is 0 Å². The highest BCUT2D eigenvalue weighted by Crippen LogP contribution is 2.18. The summed E-state index contributed by atoms with van der Waals surface area (Å²) in [6.07, 6.45) is 1.05. The van der Waals surface area contributed by atoms with Gasteiger partial charge in [-0.2, -0.15) is 0 Å². The monoisotopic (exact) mass is 272 g/mol. The molecule has 1 rings (SSSR count). The summed E-state index contributed by atoms with van der Waals surface area (Å²) in [5, 5.41) is 14.1. The number of nitrogens with one attached hydrogen (secondary N) is 2. The van der Waals surface area contributed by atoms with Crippen LogP contribution in [0.3, 0.4) is 0 Å². The van der Waals surface area contributed by atoms with E-state index in [4.69, 9.17) is 0 Å². The molecule has 0 aliphatic carbocycles. The molecular weight excluding hydrogens is 254 g/mol. The van der Waals surface area contributed by atoms with E-state index < -0.39 is 23.2 Å². The van der Waals surface area contributed by atoms with Gasteiger partial charge in [0.1, 0.15) is 0 Å². The van der Waals surface area contributed by atoms with Crippen molar-refractivity contribution in [3.05, 3.63) is 29.8 Å². The molecule has 0 radical (unpaired) electrons. The molecule has 19 heavy (non-hydrogen) atoms. The van der Waals surface area contributed by atoms with Gasteiger partial charge < -0.3 is 15.7 Å². The molecule has 0 heterocycles. The Labute approximate surface area is 110 Å². The molecule has 2 amide bonds. The van der Waals surface area contributed by atoms with E-state index in [1.165, 1.54) is 12.1 Å². The van der Waals surface area contributed by atoms with Crippen LogP contribution in [-0.4, -0.2) is 23.3 Å². The summed E-state index contributed by atoms with van der Waals surface area (Å²) in [6, 6.07) is 2.85. The number of aliphatic hydroxyl groups excluding tert-OH is 1. The van der Waals surface area contributed by atoms with Gasteiger partial charge in [-0.25, -0.2) is 13.6 Å². The number of carbonyl (C=O) groups is 1. The molecule has 0 fully saturated rings. The normalized spacial score (nSPS) is 11.2. The summed E-state index contributed by atoms with van der Waals surface area (Å²) in [7, 11) is 0. The van der Waals surface area contributed by atoms with Crippen molar-refractivity contribution in [2.24, 2.45) is 0 Å². The number of benzene rings is 1. The fraction of sp³-hybridized carbons (Fsp3) is 0.462. The van der Waals surface area contributed by atoms with Crippen LogP contribution in [0.15, 0.2) is 18.2 Å². The summed E-state index contributed by atoms with van der Waals surface area (Å²) in [5.41, 5.74) is -0.995. The highest BCUT2D eigenvalue weighted by molar-refractivity contribution is 5.89. The highest BCUT2D eigenvalue weighted by atomic mass is 19.2. The number of urea groups is 1. The van der Waals surface area contributed by atoms with Crippen LogP contribution in [-0.2, 0) is 0 Å². The highest BCUT2D eigenvalue weighted by Gasteiger charge is 2.27. The quantitative estimate of drug-likeness (QED) is 0.771. The number of halogens is 2. The first-order valence-electron chi connectivity index (χ1n) is 6.12. The SMILES string of the molecule is CCC(CC)(CO)NC(=O)Nc1cccc(F)c1F. The van der Waals surface area contributed by atoms with Crippen molar-refractivity contribution < 1.29 is 18.7 Å². The van der Waals surface area contributed by atoms with Crippen LogP contribution in [0, 0.1) is 11.6 Å². The van der Waals surface area contributed by atoms with Gasteiger partial charge >= 0.3 is 6.03 Å². The van der Waals surface area contributed by atoms with E-state index in [1.807, 2.05) is 13.8 Å². The molecule has 1 aromatic rings. The number of anilines is 1. The Hall–Kier alpha value is -1.69. The molecule has 1 aromatic carbocycles. The van der Waals surface area contributed by atoms with E-state index >= 15 is 0 Å². The molecule has 6 heteroatoms. The summed E-state index contributed by atoms with van der Waals surface area (Å²) in [6.45, 7) is 3.42. The first-order chi connectivity index (χ1) is 8.98. The minimum Gasteiger partial charge on any atom is -0.394 e. The summed E-state index contributed by atoms with van der Waals surface area (Å²) < 4.78 is 26.4. The molecule has 0 saturated carbocycles. The Balaban J connectivity index is 2.78. The van der Waals surface area contributed by atoms with Gasteiger partial charge in [0.25, 0.3) is 0 Å². The predicted molar refractivity (Wildman–Crippen MR) is 68.9 cm³/mol. The van der Waals surface area contributed by atoms with Crippen molar-refractivity contribution in [1.29, 1.82) is 0 Å². The predicted octanol–water partition coefficient (Wildman–Crippen LogP) is 2.64. The van der Waals surface area contributed by atoms with Crippen molar-refractivity contribution in [3.8, 4) is 0 Å². The third-order valence-corrected chi connectivity index (χ3v) is 3.23. The molecule has 106 valence electrons. The second-order valence-corrected chi connectivity index (χ2v) is 4.33. The Morgan fingerprint density at radius 1 is 1.32 bits per heavy atom. The smallest absolute Gasteiger partial charge is 0.319 e. The average Bonchev–Trinajstić information content (AvgIpc) is 2.41. The molecule has 0 atom stereocenters. The van der Waals surface area contributed by atoms with Gasteiger partial charge in [-0.1, -0.05) is 19.9 Å². The molecular formula is C13H18F2N2O2. The summed E-state index contributed by atoms with van der Waals surface area (Å²) in [4.78, 5) is 11.7. The zero-order valence-corrected chi connectivity index (χ0v) is 11.0. The molecule has 0 aliphatic heterocycles. The van der Waals surface area contributed by atoms with Crippen LogP contribution in [0.2, 0.25) is 0 Å². The Kier molecular flexibility index (Phi) is 5.23. The minimum absolute atomic E-state index is 0.223. The number of hydrogen-bond acceptors (Lipinski definition) is 2. The second-order valence-electron chi connectivity index (χ2n) is 4.33. The van der Waals surface area contributed by atoms with Gasteiger partial charge in [-0.3, -0.25) is 0 Å². The van der Waals surface area contributed by atoms with Crippen LogP contribution in [0.5, 0.6) is 0 Å².